The molecule has 0 aromatic heterocycles. The zero-order valence-electron chi connectivity index (χ0n) is 45.4. The molecule has 0 saturated heterocycles. The molecule has 2 aliphatic rings. The number of guanidine groups is 2. The number of carbonyl (C=O) groups is 3. The van der Waals surface area contributed by atoms with Crippen LogP contribution in [-0.2, 0) is 14.4 Å². The molecular weight excluding hydrogens is 1040 g/mol. The van der Waals surface area contributed by atoms with Crippen LogP contribution in [0.4, 0.5) is 13.2 Å². The molecule has 2 aliphatic carbocycles. The third-order valence-corrected chi connectivity index (χ3v) is 24.0. The second-order valence-electron chi connectivity index (χ2n) is 20.6. The van der Waals surface area contributed by atoms with Gasteiger partial charge in [-0.3, -0.25) is 20.4 Å². The molecule has 9 N–H and O–H groups in total. The fraction of sp³-hybridized carbons (Fsp3) is 0.339. The van der Waals surface area contributed by atoms with Crippen LogP contribution in [0, 0.1) is 21.6 Å². The lowest BCUT2D eigenvalue weighted by Crippen LogP contribution is -2.43. The van der Waals surface area contributed by atoms with Crippen LogP contribution in [0.15, 0.2) is 182 Å². The van der Waals surface area contributed by atoms with Gasteiger partial charge in [-0.1, -0.05) is 109 Å². The van der Waals surface area contributed by atoms with Gasteiger partial charge in [0.1, 0.15) is 46.4 Å². The van der Waals surface area contributed by atoms with E-state index in [4.69, 9.17) is 32.2 Å². The van der Waals surface area contributed by atoms with Crippen molar-refractivity contribution in [3.05, 3.63) is 182 Å². The molecule has 8 rings (SSSR count). The highest BCUT2D eigenvalue weighted by molar-refractivity contribution is 7.96. The number of alkyl halides is 3. The van der Waals surface area contributed by atoms with Gasteiger partial charge in [0.2, 0.25) is 11.8 Å². The number of carbonyl (C=O) groups excluding carboxylic acids is 2. The number of aliphatic carboxylic acids is 1. The van der Waals surface area contributed by atoms with Crippen molar-refractivity contribution in [3.63, 3.8) is 0 Å². The summed E-state index contributed by atoms with van der Waals surface area (Å²) in [5, 5.41) is 37.1. The average Bonchev–Trinajstić information content (AvgIpc) is 4.52. The number of hydrogen-bond acceptors (Lipinski definition) is 5. The molecule has 0 atom stereocenters. The van der Waals surface area contributed by atoms with Crippen LogP contribution in [0.25, 0.3) is 0 Å². The van der Waals surface area contributed by atoms with E-state index in [1.807, 2.05) is 0 Å². The third kappa shape index (κ3) is 16.5. The van der Waals surface area contributed by atoms with Crippen molar-refractivity contribution >= 4 is 76.1 Å². The highest BCUT2D eigenvalue weighted by Crippen LogP contribution is 2.57. The van der Waals surface area contributed by atoms with Gasteiger partial charge in [0.15, 0.2) is 11.9 Å². The first-order chi connectivity index (χ1) is 37.9. The molecule has 2 fully saturated rings. The van der Waals surface area contributed by atoms with Crippen LogP contribution in [0.1, 0.15) is 64.2 Å². The lowest BCUT2D eigenvalue weighted by molar-refractivity contribution is -0.192. The number of unbranched alkanes of at least 4 members (excludes halogenated alkanes) is 4. The first-order valence-electron chi connectivity index (χ1n) is 27.0. The maximum Gasteiger partial charge on any atom is 0.490 e. The second kappa shape index (κ2) is 28.7. The zero-order chi connectivity index (χ0) is 56.9. The van der Waals surface area contributed by atoms with Gasteiger partial charge in [-0.25, -0.2) is 4.79 Å². The van der Waals surface area contributed by atoms with Crippen molar-refractivity contribution in [2.75, 3.05) is 52.6 Å². The van der Waals surface area contributed by atoms with Crippen molar-refractivity contribution in [2.45, 2.75) is 70.4 Å². The van der Waals surface area contributed by atoms with Gasteiger partial charge in [-0.2, -0.15) is 13.2 Å². The van der Waals surface area contributed by atoms with Gasteiger partial charge >= 0.3 is 12.1 Å². The van der Waals surface area contributed by atoms with Crippen molar-refractivity contribution in [3.8, 4) is 0 Å². The van der Waals surface area contributed by atoms with E-state index in [0.717, 1.165) is 76.5 Å². The normalized spacial score (nSPS) is 13.9. The molecule has 6 aromatic carbocycles. The molecule has 0 unspecified atom stereocenters. The number of nitrogens with one attached hydrogen (secondary N) is 4. The Balaban J connectivity index is 0.000000228. The number of nitrogens with two attached hydrogens (primary N) is 2. The van der Waals surface area contributed by atoms with E-state index >= 15 is 0 Å². The van der Waals surface area contributed by atoms with Gasteiger partial charge in [-0.05, 0) is 137 Å². The minimum Gasteiger partial charge on any atom is -0.475 e. The summed E-state index contributed by atoms with van der Waals surface area (Å²) in [5.41, 5.74) is 10.4. The smallest absolute Gasteiger partial charge is 0.475 e. The number of hydrogen-bond donors (Lipinski definition) is 7. The summed E-state index contributed by atoms with van der Waals surface area (Å²) < 4.78 is 31.7. The van der Waals surface area contributed by atoms with Crippen LogP contribution >= 0.6 is 14.5 Å². The summed E-state index contributed by atoms with van der Waals surface area (Å²) in [5.74, 6) is -2.52. The largest absolute Gasteiger partial charge is 0.490 e. The summed E-state index contributed by atoms with van der Waals surface area (Å²) in [6, 6.07) is 65.9. The fourth-order valence-corrected chi connectivity index (χ4v) is 19.0. The summed E-state index contributed by atoms with van der Waals surface area (Å²) in [7, 11) is -0.0254. The molecule has 0 radical (unpaired) electrons. The van der Waals surface area contributed by atoms with Crippen molar-refractivity contribution in [1.29, 1.82) is 10.8 Å². The maximum atomic E-state index is 12.8. The van der Waals surface area contributed by atoms with Gasteiger partial charge in [0.05, 0.1) is 23.2 Å². The minimum atomic E-state index is -5.08. The quantitative estimate of drug-likeness (QED) is 0.0136. The topological polar surface area (TPSA) is 202 Å². The SMILES string of the molecule is CN(CC1(C(=O)NCCCCC[P+](c2ccccc2)(c2ccccc2)c2ccccc2)CC1)C(=N)N.CN(CC1(C(=O)NCCCCC[P+](c2ccccc2)(c2ccccc2)c2ccccc2)CC1)C(=N)N.O=C(O)C(F)(F)F. The molecule has 2 amide bonds. The number of halogens is 3. The van der Waals surface area contributed by atoms with Gasteiger partial charge < -0.3 is 37.0 Å². The summed E-state index contributed by atoms with van der Waals surface area (Å²) in [6.45, 7) is 2.43. The minimum absolute atomic E-state index is 0.0103. The van der Waals surface area contributed by atoms with E-state index in [-0.39, 0.29) is 34.6 Å². The fourth-order valence-electron chi connectivity index (χ4n) is 10.1. The number of carboxylic acid groups (broad SMARTS) is 1. The Kier molecular flexibility index (Phi) is 22.2. The van der Waals surface area contributed by atoms with E-state index in [9.17, 15) is 22.8 Å². The van der Waals surface area contributed by atoms with E-state index in [1.165, 1.54) is 31.8 Å². The van der Waals surface area contributed by atoms with Gasteiger partial charge in [0.25, 0.3) is 0 Å². The average molecular weight is 1120 g/mol. The molecule has 0 bridgehead atoms. The molecule has 17 heteroatoms. The molecule has 12 nitrogen and oxygen atoms in total. The van der Waals surface area contributed by atoms with Crippen molar-refractivity contribution in [2.24, 2.45) is 22.3 Å². The molecule has 0 heterocycles. The molecule has 2 saturated carbocycles. The highest BCUT2D eigenvalue weighted by atomic mass is 31.2. The van der Waals surface area contributed by atoms with Crippen molar-refractivity contribution < 1.29 is 32.7 Å². The monoisotopic (exact) mass is 1120 g/mol. The van der Waals surface area contributed by atoms with E-state index in [1.54, 1.807) is 23.9 Å². The van der Waals surface area contributed by atoms with Gasteiger partial charge in [-0.15, -0.1) is 0 Å². The second-order valence-corrected chi connectivity index (χ2v) is 27.8. The van der Waals surface area contributed by atoms with Crippen LogP contribution in [0.3, 0.4) is 0 Å². The van der Waals surface area contributed by atoms with Crippen LogP contribution in [0.5, 0.6) is 0 Å². The molecule has 0 aliphatic heterocycles. The van der Waals surface area contributed by atoms with Crippen molar-refractivity contribution in [1.82, 2.24) is 20.4 Å². The Hall–Kier alpha value is -7.08. The predicted octanol–water partition coefficient (Wildman–Crippen LogP) is 8.38. The molecule has 79 heavy (non-hydrogen) atoms. The van der Waals surface area contributed by atoms with E-state index in [2.05, 4.69) is 193 Å². The molecular formula is C62H77F3N8O4P2+2. The molecule has 6 aromatic rings. The Labute approximate surface area is 465 Å². The standard InChI is InChI=1S/2C30H37N4OP.C2HF3O2/c2*1-34(29(31)32)24-30(20-21-30)28(35)33-22-12-5-13-23-36(25-14-6-2-7-15-25,26-16-8-3-9-17-26)27-18-10-4-11-19-27;3-2(4,5)1(6)7/h2*2-4,6-11,14-19H,5,12-13,20-24H2,1H3,(H3-,31,32,33,35);(H,6,7)/p+2. The summed E-state index contributed by atoms with van der Waals surface area (Å²) >= 11 is 0. The summed E-state index contributed by atoms with van der Waals surface area (Å²) in [4.78, 5) is 37.8. The lowest BCUT2D eigenvalue weighted by atomic mass is 10.1. The Morgan fingerprint density at radius 2 is 0.709 bits per heavy atom. The van der Waals surface area contributed by atoms with E-state index < -0.39 is 26.7 Å². The maximum absolute atomic E-state index is 12.8. The molecule has 0 spiro atoms. The number of rotatable bonds is 24. The highest BCUT2D eigenvalue weighted by Gasteiger charge is 2.52. The van der Waals surface area contributed by atoms with Crippen LogP contribution in [-0.4, -0.2) is 103 Å². The predicted molar refractivity (Wildman–Crippen MR) is 320 cm³/mol. The number of nitrogens with zero attached hydrogens (tertiary/aromatic N) is 2. The Morgan fingerprint density at radius 1 is 0.481 bits per heavy atom. The number of carboxylic acids is 1. The van der Waals surface area contributed by atoms with E-state index in [0.29, 0.717) is 26.2 Å². The third-order valence-electron chi connectivity index (χ3n) is 14.9. The number of benzene rings is 6. The van der Waals surface area contributed by atoms with Gasteiger partial charge in [0, 0.05) is 40.3 Å². The first kappa shape index (κ1) is 61.1. The molecule has 418 valence electrons. The van der Waals surface area contributed by atoms with Crippen LogP contribution < -0.4 is 53.9 Å². The lowest BCUT2D eigenvalue weighted by Gasteiger charge is -2.27. The first-order valence-corrected chi connectivity index (χ1v) is 30.9. The Morgan fingerprint density at radius 3 is 0.899 bits per heavy atom. The van der Waals surface area contributed by atoms with Crippen LogP contribution in [0.2, 0.25) is 0 Å². The number of amides is 2. The zero-order valence-corrected chi connectivity index (χ0v) is 47.2. The Bertz CT molecular complexity index is 2490. The summed E-state index contributed by atoms with van der Waals surface area (Å²) in [6.07, 6.45) is 6.85.